The summed E-state index contributed by atoms with van der Waals surface area (Å²) in [5.74, 6) is 0. The molecule has 0 amide bonds. The average molecular weight is 179 g/mol. The molecule has 0 atom stereocenters. The summed E-state index contributed by atoms with van der Waals surface area (Å²) in [6.07, 6.45) is 1.65. The fraction of sp³-hybridized carbons (Fsp3) is 0. The molecule has 0 bridgehead atoms. The molecule has 0 spiro atoms. The van der Waals surface area contributed by atoms with E-state index in [1.54, 1.807) is 6.21 Å². The zero-order valence-electron chi connectivity index (χ0n) is 6.40. The standard InChI is InChI=1S/C8H9N3S/c9-8(12)11-10-6-7-4-2-1-3-5-7/h1-6H,(H3,9,11,12)/b10-6-. The zero-order valence-corrected chi connectivity index (χ0v) is 7.21. The maximum atomic E-state index is 5.16. The maximum Gasteiger partial charge on any atom is 0.184 e. The molecule has 0 radical (unpaired) electrons. The molecular weight excluding hydrogens is 170 g/mol. The number of benzene rings is 1. The van der Waals surface area contributed by atoms with Gasteiger partial charge in [0.05, 0.1) is 6.21 Å². The summed E-state index contributed by atoms with van der Waals surface area (Å²) in [6, 6.07) is 9.68. The van der Waals surface area contributed by atoms with Crippen molar-refractivity contribution in [3.63, 3.8) is 0 Å². The molecule has 1 aromatic carbocycles. The molecule has 0 saturated carbocycles. The van der Waals surface area contributed by atoms with Gasteiger partial charge in [0.15, 0.2) is 5.11 Å². The number of nitrogens with zero attached hydrogens (tertiary/aromatic N) is 1. The number of nitrogens with one attached hydrogen (secondary N) is 1. The summed E-state index contributed by atoms with van der Waals surface area (Å²) in [5.41, 5.74) is 8.64. The van der Waals surface area contributed by atoms with Gasteiger partial charge in [-0.1, -0.05) is 30.3 Å². The van der Waals surface area contributed by atoms with Gasteiger partial charge in [0.1, 0.15) is 0 Å². The molecule has 1 aromatic rings. The summed E-state index contributed by atoms with van der Waals surface area (Å²) in [4.78, 5) is 0. The van der Waals surface area contributed by atoms with Gasteiger partial charge in [-0.3, -0.25) is 5.43 Å². The lowest BCUT2D eigenvalue weighted by molar-refractivity contribution is 1.04. The van der Waals surface area contributed by atoms with Crippen LogP contribution in [0.2, 0.25) is 0 Å². The van der Waals surface area contributed by atoms with E-state index in [0.29, 0.717) is 0 Å². The Morgan fingerprint density at radius 2 is 2.08 bits per heavy atom. The molecule has 0 aliphatic carbocycles. The SMILES string of the molecule is NC(=S)N/N=C\c1ccccc1. The number of hydrogen-bond acceptors (Lipinski definition) is 2. The molecule has 0 aliphatic heterocycles. The fourth-order valence-corrected chi connectivity index (χ4v) is 0.762. The van der Waals surface area contributed by atoms with Gasteiger partial charge in [-0.2, -0.15) is 5.10 Å². The van der Waals surface area contributed by atoms with Crippen molar-refractivity contribution in [1.29, 1.82) is 0 Å². The van der Waals surface area contributed by atoms with Crippen molar-refractivity contribution in [1.82, 2.24) is 5.43 Å². The first-order valence-corrected chi connectivity index (χ1v) is 3.83. The Morgan fingerprint density at radius 1 is 1.42 bits per heavy atom. The third-order valence-corrected chi connectivity index (χ3v) is 1.28. The van der Waals surface area contributed by atoms with Crippen molar-refractivity contribution >= 4 is 23.5 Å². The Morgan fingerprint density at radius 3 is 2.67 bits per heavy atom. The van der Waals surface area contributed by atoms with Crippen molar-refractivity contribution in [2.75, 3.05) is 0 Å². The number of hydrazone groups is 1. The number of rotatable bonds is 2. The highest BCUT2D eigenvalue weighted by Gasteiger charge is 1.83. The summed E-state index contributed by atoms with van der Waals surface area (Å²) >= 11 is 4.56. The lowest BCUT2D eigenvalue weighted by Crippen LogP contribution is -2.23. The molecule has 0 aliphatic rings. The van der Waals surface area contributed by atoms with Gasteiger partial charge in [0.25, 0.3) is 0 Å². The Hall–Kier alpha value is -1.42. The van der Waals surface area contributed by atoms with E-state index < -0.39 is 0 Å². The molecule has 4 heteroatoms. The Kier molecular flexibility index (Phi) is 3.22. The third kappa shape index (κ3) is 3.12. The normalized spacial score (nSPS) is 10.0. The highest BCUT2D eigenvalue weighted by molar-refractivity contribution is 7.80. The topological polar surface area (TPSA) is 50.4 Å². The molecule has 0 aromatic heterocycles. The van der Waals surface area contributed by atoms with Crippen LogP contribution in [0.5, 0.6) is 0 Å². The van der Waals surface area contributed by atoms with E-state index >= 15 is 0 Å². The predicted octanol–water partition coefficient (Wildman–Crippen LogP) is 0.854. The Bertz CT molecular complexity index is 282. The summed E-state index contributed by atoms with van der Waals surface area (Å²) in [7, 11) is 0. The van der Waals surface area contributed by atoms with E-state index in [-0.39, 0.29) is 5.11 Å². The van der Waals surface area contributed by atoms with E-state index in [4.69, 9.17) is 5.73 Å². The van der Waals surface area contributed by atoms with Crippen molar-refractivity contribution < 1.29 is 0 Å². The van der Waals surface area contributed by atoms with Crippen LogP contribution in [-0.4, -0.2) is 11.3 Å². The smallest absolute Gasteiger partial charge is 0.184 e. The van der Waals surface area contributed by atoms with Gasteiger partial charge in [-0.05, 0) is 17.8 Å². The first-order valence-electron chi connectivity index (χ1n) is 3.42. The maximum absolute atomic E-state index is 5.16. The molecule has 3 nitrogen and oxygen atoms in total. The molecule has 1 rings (SSSR count). The minimum absolute atomic E-state index is 0.169. The third-order valence-electron chi connectivity index (χ3n) is 1.19. The largest absolute Gasteiger partial charge is 0.375 e. The Balaban J connectivity index is 2.52. The van der Waals surface area contributed by atoms with Gasteiger partial charge >= 0.3 is 0 Å². The van der Waals surface area contributed by atoms with Crippen LogP contribution in [0, 0.1) is 0 Å². The van der Waals surface area contributed by atoms with Crippen LogP contribution in [0.15, 0.2) is 35.4 Å². The molecule has 0 fully saturated rings. The second-order valence-electron chi connectivity index (χ2n) is 2.14. The first kappa shape index (κ1) is 8.67. The molecule has 3 N–H and O–H groups in total. The van der Waals surface area contributed by atoms with Crippen molar-refractivity contribution in [3.8, 4) is 0 Å². The number of nitrogens with two attached hydrogens (primary N) is 1. The molecular formula is C8H9N3S. The second-order valence-corrected chi connectivity index (χ2v) is 2.58. The highest BCUT2D eigenvalue weighted by atomic mass is 32.1. The van der Waals surface area contributed by atoms with Crippen LogP contribution in [0.1, 0.15) is 5.56 Å². The van der Waals surface area contributed by atoms with Crippen LogP contribution in [0.3, 0.4) is 0 Å². The Labute approximate surface area is 76.3 Å². The quantitative estimate of drug-likeness (QED) is 0.402. The summed E-state index contributed by atoms with van der Waals surface area (Å²) in [6.45, 7) is 0. The van der Waals surface area contributed by atoms with Gasteiger partial charge in [-0.15, -0.1) is 0 Å². The van der Waals surface area contributed by atoms with Gasteiger partial charge in [-0.25, -0.2) is 0 Å². The molecule has 62 valence electrons. The van der Waals surface area contributed by atoms with Crippen LogP contribution in [0.4, 0.5) is 0 Å². The minimum atomic E-state index is 0.169. The van der Waals surface area contributed by atoms with E-state index in [1.165, 1.54) is 0 Å². The van der Waals surface area contributed by atoms with Crippen LogP contribution < -0.4 is 11.2 Å². The van der Waals surface area contributed by atoms with E-state index in [2.05, 4.69) is 22.7 Å². The van der Waals surface area contributed by atoms with Crippen molar-refractivity contribution in [3.05, 3.63) is 35.9 Å². The highest BCUT2D eigenvalue weighted by Crippen LogP contribution is 1.92. The van der Waals surface area contributed by atoms with Crippen molar-refractivity contribution in [2.45, 2.75) is 0 Å². The van der Waals surface area contributed by atoms with E-state index in [1.807, 2.05) is 30.3 Å². The lowest BCUT2D eigenvalue weighted by Gasteiger charge is -1.93. The molecule has 0 heterocycles. The molecule has 12 heavy (non-hydrogen) atoms. The zero-order chi connectivity index (χ0) is 8.81. The van der Waals surface area contributed by atoms with Gasteiger partial charge in [0.2, 0.25) is 0 Å². The first-order chi connectivity index (χ1) is 5.79. The van der Waals surface area contributed by atoms with Crippen LogP contribution in [-0.2, 0) is 0 Å². The lowest BCUT2D eigenvalue weighted by atomic mass is 10.2. The van der Waals surface area contributed by atoms with E-state index in [9.17, 15) is 0 Å². The van der Waals surface area contributed by atoms with E-state index in [0.717, 1.165) is 5.56 Å². The monoisotopic (exact) mass is 179 g/mol. The summed E-state index contributed by atoms with van der Waals surface area (Å²) in [5, 5.41) is 3.97. The number of thiocarbonyl (C=S) groups is 1. The predicted molar refractivity (Wildman–Crippen MR) is 54.0 cm³/mol. The minimum Gasteiger partial charge on any atom is -0.375 e. The second kappa shape index (κ2) is 4.46. The van der Waals surface area contributed by atoms with Crippen LogP contribution >= 0.6 is 12.2 Å². The number of hydrogen-bond donors (Lipinski definition) is 2. The average Bonchev–Trinajstić information content (AvgIpc) is 2.05. The molecule has 0 saturated heterocycles. The van der Waals surface area contributed by atoms with Gasteiger partial charge < -0.3 is 5.73 Å². The van der Waals surface area contributed by atoms with Crippen LogP contribution in [0.25, 0.3) is 0 Å². The fourth-order valence-electron chi connectivity index (χ4n) is 0.710. The van der Waals surface area contributed by atoms with Crippen molar-refractivity contribution in [2.24, 2.45) is 10.8 Å². The summed E-state index contributed by atoms with van der Waals surface area (Å²) < 4.78 is 0. The molecule has 0 unspecified atom stereocenters. The van der Waals surface area contributed by atoms with Gasteiger partial charge in [0, 0.05) is 0 Å².